The molecule has 0 spiro atoms. The fraction of sp³-hybridized carbons (Fsp3) is 0.281. The Hall–Kier alpha value is -4.48. The first-order valence-corrected chi connectivity index (χ1v) is 12.9. The van der Waals surface area contributed by atoms with Gasteiger partial charge in [-0.1, -0.05) is 30.4 Å². The number of cyclic esters (lactones) is 1. The summed E-state index contributed by atoms with van der Waals surface area (Å²) in [5.74, 6) is 4.42. The van der Waals surface area contributed by atoms with Gasteiger partial charge in [-0.2, -0.15) is 0 Å². The second kappa shape index (κ2) is 10.6. The molecule has 7 nitrogen and oxygen atoms in total. The van der Waals surface area contributed by atoms with E-state index in [0.29, 0.717) is 52.1 Å². The number of nitrogens with one attached hydrogen (secondary N) is 1. The van der Waals surface area contributed by atoms with Crippen LogP contribution in [0.2, 0.25) is 0 Å². The summed E-state index contributed by atoms with van der Waals surface area (Å²) in [5.41, 5.74) is 0.108. The highest BCUT2D eigenvalue weighted by Gasteiger charge is 2.49. The fourth-order valence-corrected chi connectivity index (χ4v) is 5.32. The number of rotatable bonds is 7. The van der Waals surface area contributed by atoms with Gasteiger partial charge in [-0.25, -0.2) is 9.18 Å². The van der Waals surface area contributed by atoms with Gasteiger partial charge in [0.2, 0.25) is 5.60 Å². The van der Waals surface area contributed by atoms with Gasteiger partial charge in [0.1, 0.15) is 18.2 Å². The summed E-state index contributed by atoms with van der Waals surface area (Å²) < 4.78 is 24.9. The summed E-state index contributed by atoms with van der Waals surface area (Å²) >= 11 is 0. The number of hydrogen-bond donors (Lipinski definition) is 2. The summed E-state index contributed by atoms with van der Waals surface area (Å²) in [6.45, 7) is 1.56. The van der Waals surface area contributed by atoms with Crippen LogP contribution in [0.15, 0.2) is 60.7 Å². The fourth-order valence-electron chi connectivity index (χ4n) is 5.32. The Bertz CT molecular complexity index is 1560. The maximum absolute atomic E-state index is 14.4. The average Bonchev–Trinajstić information content (AvgIpc) is 3.29. The highest BCUT2D eigenvalue weighted by Crippen LogP contribution is 2.52. The molecule has 1 saturated carbocycles. The van der Waals surface area contributed by atoms with Gasteiger partial charge >= 0.3 is 5.97 Å². The average molecular weight is 542 g/mol. The summed E-state index contributed by atoms with van der Waals surface area (Å²) in [6.07, 6.45) is 1.94. The molecule has 1 heterocycles. The van der Waals surface area contributed by atoms with Crippen LogP contribution in [0.1, 0.15) is 70.0 Å². The molecule has 1 unspecified atom stereocenters. The lowest BCUT2D eigenvalue weighted by Gasteiger charge is -2.46. The number of carbonyl (C=O) groups excluding carboxylic acids is 3. The van der Waals surface area contributed by atoms with Crippen molar-refractivity contribution in [2.45, 2.75) is 50.2 Å². The van der Waals surface area contributed by atoms with Crippen molar-refractivity contribution < 1.29 is 33.4 Å². The van der Waals surface area contributed by atoms with E-state index >= 15 is 0 Å². The van der Waals surface area contributed by atoms with E-state index < -0.39 is 28.7 Å². The standard InChI is InChI=1S/C32H28FNO6/c1-20(35)22-6-4-21(5-7-22)12-15-32(38,30(37)34-25-9-10-26-23(16-25)18-40-29(26)36)19-31(13-3-14-31)27-17-24(33)8-11-28(27)39-2/h4-11,16-17,38H,3,13-14,18-19H2,1-2H3,(H,34,37). The number of amides is 1. The molecule has 1 atom stereocenters. The van der Waals surface area contributed by atoms with Gasteiger partial charge in [0.15, 0.2) is 5.78 Å². The second-order valence-electron chi connectivity index (χ2n) is 10.3. The number of benzene rings is 3. The summed E-state index contributed by atoms with van der Waals surface area (Å²) in [7, 11) is 1.49. The van der Waals surface area contributed by atoms with Gasteiger partial charge in [-0.05, 0) is 68.3 Å². The van der Waals surface area contributed by atoms with Crippen molar-refractivity contribution in [1.82, 2.24) is 0 Å². The topological polar surface area (TPSA) is 102 Å². The second-order valence-corrected chi connectivity index (χ2v) is 10.3. The van der Waals surface area contributed by atoms with Gasteiger partial charge < -0.3 is 19.9 Å². The molecule has 3 aromatic rings. The summed E-state index contributed by atoms with van der Waals surface area (Å²) in [5, 5.41) is 14.7. The van der Waals surface area contributed by atoms with E-state index in [1.54, 1.807) is 48.5 Å². The van der Waals surface area contributed by atoms with Crippen LogP contribution >= 0.6 is 0 Å². The molecule has 2 N–H and O–H groups in total. The zero-order chi connectivity index (χ0) is 28.5. The van der Waals surface area contributed by atoms with Gasteiger partial charge in [0.05, 0.1) is 12.7 Å². The Kier molecular flexibility index (Phi) is 7.17. The molecule has 0 saturated heterocycles. The Morgan fingerprint density at radius 2 is 1.88 bits per heavy atom. The van der Waals surface area contributed by atoms with Crippen molar-refractivity contribution in [3.05, 3.63) is 94.3 Å². The van der Waals surface area contributed by atoms with Crippen LogP contribution in [0.3, 0.4) is 0 Å². The van der Waals surface area contributed by atoms with Crippen LogP contribution in [-0.4, -0.2) is 35.5 Å². The third kappa shape index (κ3) is 5.21. The van der Waals surface area contributed by atoms with Crippen molar-refractivity contribution >= 4 is 23.3 Å². The lowest BCUT2D eigenvalue weighted by Crippen LogP contribution is -2.50. The van der Waals surface area contributed by atoms with Gasteiger partial charge in [-0.15, -0.1) is 0 Å². The Labute approximate surface area is 231 Å². The number of carbonyl (C=O) groups is 3. The number of hydrogen-bond acceptors (Lipinski definition) is 6. The Morgan fingerprint density at radius 1 is 1.12 bits per heavy atom. The first-order valence-electron chi connectivity index (χ1n) is 12.9. The Morgan fingerprint density at radius 3 is 2.52 bits per heavy atom. The van der Waals surface area contributed by atoms with E-state index in [0.717, 1.165) is 6.42 Å². The van der Waals surface area contributed by atoms with E-state index in [-0.39, 0.29) is 18.8 Å². The van der Waals surface area contributed by atoms with Crippen LogP contribution in [0.25, 0.3) is 0 Å². The number of fused-ring (bicyclic) bond motifs is 1. The maximum Gasteiger partial charge on any atom is 0.338 e. The minimum Gasteiger partial charge on any atom is -0.496 e. The molecule has 1 amide bonds. The molecular weight excluding hydrogens is 513 g/mol. The normalized spacial score (nSPS) is 16.4. The Balaban J connectivity index is 1.52. The van der Waals surface area contributed by atoms with Crippen molar-refractivity contribution in [3.63, 3.8) is 0 Å². The number of methoxy groups -OCH3 is 1. The van der Waals surface area contributed by atoms with Crippen LogP contribution in [-0.2, 0) is 21.6 Å². The number of aliphatic hydroxyl groups is 1. The zero-order valence-electron chi connectivity index (χ0n) is 22.2. The first kappa shape index (κ1) is 27.1. The zero-order valence-corrected chi connectivity index (χ0v) is 22.2. The smallest absolute Gasteiger partial charge is 0.338 e. The third-order valence-corrected chi connectivity index (χ3v) is 7.66. The van der Waals surface area contributed by atoms with Crippen LogP contribution in [0.5, 0.6) is 5.75 Å². The van der Waals surface area contributed by atoms with E-state index in [9.17, 15) is 23.9 Å². The van der Waals surface area contributed by atoms with Crippen LogP contribution in [0.4, 0.5) is 10.1 Å². The predicted octanol–water partition coefficient (Wildman–Crippen LogP) is 4.94. The van der Waals surface area contributed by atoms with Gasteiger partial charge in [0.25, 0.3) is 5.91 Å². The number of halogens is 1. The number of Topliss-reactive ketones (excluding diaryl/α,β-unsaturated/α-hetero) is 1. The molecule has 8 heteroatoms. The number of ketones is 1. The number of esters is 1. The van der Waals surface area contributed by atoms with Crippen molar-refractivity contribution in [1.29, 1.82) is 0 Å². The van der Waals surface area contributed by atoms with Crippen molar-refractivity contribution in [2.24, 2.45) is 0 Å². The molecular formula is C32H28FNO6. The molecule has 5 rings (SSSR count). The molecule has 1 aliphatic heterocycles. The van der Waals surface area contributed by atoms with E-state index in [1.165, 1.54) is 26.2 Å². The molecule has 1 fully saturated rings. The minimum absolute atomic E-state index is 0.0900. The number of anilines is 1. The van der Waals surface area contributed by atoms with E-state index in [2.05, 4.69) is 17.2 Å². The van der Waals surface area contributed by atoms with Crippen molar-refractivity contribution in [2.75, 3.05) is 12.4 Å². The van der Waals surface area contributed by atoms with E-state index in [1.807, 2.05) is 0 Å². The predicted molar refractivity (Wildman–Crippen MR) is 146 cm³/mol. The molecule has 1 aliphatic carbocycles. The number of ether oxygens (including phenoxy) is 2. The highest BCUT2D eigenvalue weighted by atomic mass is 19.1. The molecule has 3 aromatic carbocycles. The summed E-state index contributed by atoms with van der Waals surface area (Å²) in [4.78, 5) is 37.2. The molecule has 204 valence electrons. The SMILES string of the molecule is COc1ccc(F)cc1C1(CC(O)(C#Cc2ccc(C(C)=O)cc2)C(=O)Nc2ccc3c(c2)COC3=O)CCC1. The lowest BCUT2D eigenvalue weighted by molar-refractivity contribution is -0.131. The van der Waals surface area contributed by atoms with Gasteiger partial charge in [-0.3, -0.25) is 9.59 Å². The molecule has 0 bridgehead atoms. The quantitative estimate of drug-likeness (QED) is 0.250. The minimum atomic E-state index is -2.18. The van der Waals surface area contributed by atoms with Crippen molar-refractivity contribution in [3.8, 4) is 17.6 Å². The molecule has 40 heavy (non-hydrogen) atoms. The first-order chi connectivity index (χ1) is 19.1. The molecule has 0 aromatic heterocycles. The third-order valence-electron chi connectivity index (χ3n) is 7.66. The molecule has 0 radical (unpaired) electrons. The monoisotopic (exact) mass is 541 g/mol. The van der Waals surface area contributed by atoms with E-state index in [4.69, 9.17) is 9.47 Å². The molecule has 2 aliphatic rings. The highest BCUT2D eigenvalue weighted by molar-refractivity contribution is 6.01. The van der Waals surface area contributed by atoms with Crippen LogP contribution < -0.4 is 10.1 Å². The lowest BCUT2D eigenvalue weighted by atomic mass is 9.59. The maximum atomic E-state index is 14.4. The largest absolute Gasteiger partial charge is 0.496 e. The van der Waals surface area contributed by atoms with Gasteiger partial charge in [0, 0.05) is 39.8 Å². The summed E-state index contributed by atoms with van der Waals surface area (Å²) in [6, 6.07) is 15.5. The van der Waals surface area contributed by atoms with Crippen LogP contribution in [0, 0.1) is 17.7 Å².